The smallest absolute Gasteiger partial charge is 0.262 e. The average molecular weight is 330 g/mol. The van der Waals surface area contributed by atoms with Gasteiger partial charge in [-0.2, -0.15) is 0 Å². The molecular weight excluding hydrogens is 314 g/mol. The molecule has 1 amide bonds. The molecule has 1 aromatic heterocycles. The molecule has 3 aromatic rings. The van der Waals surface area contributed by atoms with E-state index in [-0.39, 0.29) is 11.8 Å². The largest absolute Gasteiger partial charge is 0.351 e. The van der Waals surface area contributed by atoms with Gasteiger partial charge in [0.15, 0.2) is 0 Å². The van der Waals surface area contributed by atoms with E-state index >= 15 is 0 Å². The first-order valence-electron chi connectivity index (χ1n) is 7.17. The van der Waals surface area contributed by atoms with Gasteiger partial charge in [-0.1, -0.05) is 67.1 Å². The maximum absolute atomic E-state index is 12.4. The highest BCUT2D eigenvalue weighted by atomic mass is 35.5. The number of carbonyl (C=O) groups is 1. The zero-order valence-electron chi connectivity index (χ0n) is 12.2. The van der Waals surface area contributed by atoms with Crippen LogP contribution in [0.5, 0.6) is 0 Å². The van der Waals surface area contributed by atoms with Gasteiger partial charge in [0.25, 0.3) is 5.91 Å². The summed E-state index contributed by atoms with van der Waals surface area (Å²) in [5.41, 5.74) is 1.21. The number of fused-ring (bicyclic) bond motifs is 1. The second kappa shape index (κ2) is 6.51. The molecule has 0 aliphatic rings. The number of carbonyl (C=O) groups excluding carboxylic acids is 1. The SMILES string of the molecule is CC(CNC(=O)c1sc2ccccc2c1Cl)c1ccccc1. The van der Waals surface area contributed by atoms with Gasteiger partial charge in [0.05, 0.1) is 5.02 Å². The predicted octanol–water partition coefficient (Wildman–Crippen LogP) is 5.09. The van der Waals surface area contributed by atoms with Gasteiger partial charge in [-0.3, -0.25) is 4.79 Å². The van der Waals surface area contributed by atoms with Gasteiger partial charge in [-0.05, 0) is 17.5 Å². The molecular formula is C18H16ClNOS. The quantitative estimate of drug-likeness (QED) is 0.709. The number of benzene rings is 2. The fourth-order valence-electron chi connectivity index (χ4n) is 2.39. The standard InChI is InChI=1S/C18H16ClNOS/c1-12(13-7-3-2-4-8-13)11-20-18(21)17-16(19)14-9-5-6-10-15(14)22-17/h2-10,12H,11H2,1H3,(H,20,21). The average Bonchev–Trinajstić information content (AvgIpc) is 2.90. The van der Waals surface area contributed by atoms with E-state index < -0.39 is 0 Å². The van der Waals surface area contributed by atoms with Crippen molar-refractivity contribution in [3.63, 3.8) is 0 Å². The van der Waals surface area contributed by atoms with Crippen molar-refractivity contribution in [1.82, 2.24) is 5.32 Å². The Balaban J connectivity index is 1.72. The first-order valence-corrected chi connectivity index (χ1v) is 8.36. The summed E-state index contributed by atoms with van der Waals surface area (Å²) in [6, 6.07) is 18.0. The Morgan fingerprint density at radius 3 is 2.55 bits per heavy atom. The minimum Gasteiger partial charge on any atom is -0.351 e. The number of rotatable bonds is 4. The molecule has 0 fully saturated rings. The highest BCUT2D eigenvalue weighted by Crippen LogP contribution is 2.35. The van der Waals surface area contributed by atoms with Crippen molar-refractivity contribution in [3.8, 4) is 0 Å². The van der Waals surface area contributed by atoms with E-state index in [1.807, 2.05) is 42.5 Å². The van der Waals surface area contributed by atoms with E-state index in [1.54, 1.807) is 0 Å². The van der Waals surface area contributed by atoms with Gasteiger partial charge in [0.1, 0.15) is 4.88 Å². The predicted molar refractivity (Wildman–Crippen MR) is 94.0 cm³/mol. The summed E-state index contributed by atoms with van der Waals surface area (Å²) in [6.07, 6.45) is 0. The maximum atomic E-state index is 12.4. The topological polar surface area (TPSA) is 29.1 Å². The number of thiophene rings is 1. The number of hydrogen-bond acceptors (Lipinski definition) is 2. The van der Waals surface area contributed by atoms with E-state index in [9.17, 15) is 4.79 Å². The van der Waals surface area contributed by atoms with Gasteiger partial charge in [0, 0.05) is 16.6 Å². The lowest BCUT2D eigenvalue weighted by molar-refractivity contribution is 0.0956. The van der Waals surface area contributed by atoms with E-state index in [2.05, 4.69) is 24.4 Å². The summed E-state index contributed by atoms with van der Waals surface area (Å²) >= 11 is 7.77. The van der Waals surface area contributed by atoms with Crippen LogP contribution in [0.25, 0.3) is 10.1 Å². The molecule has 1 atom stereocenters. The molecule has 3 rings (SSSR count). The second-order valence-corrected chi connectivity index (χ2v) is 6.69. The van der Waals surface area contributed by atoms with E-state index in [0.717, 1.165) is 10.1 Å². The van der Waals surface area contributed by atoms with Crippen LogP contribution < -0.4 is 5.32 Å². The fraction of sp³-hybridized carbons (Fsp3) is 0.167. The zero-order valence-corrected chi connectivity index (χ0v) is 13.7. The van der Waals surface area contributed by atoms with E-state index in [0.29, 0.717) is 16.4 Å². The van der Waals surface area contributed by atoms with Crippen molar-refractivity contribution in [1.29, 1.82) is 0 Å². The minimum absolute atomic E-state index is 0.103. The Kier molecular flexibility index (Phi) is 4.46. The molecule has 0 aliphatic carbocycles. The van der Waals surface area contributed by atoms with Gasteiger partial charge >= 0.3 is 0 Å². The van der Waals surface area contributed by atoms with Crippen LogP contribution in [0.1, 0.15) is 28.1 Å². The summed E-state index contributed by atoms with van der Waals surface area (Å²) in [4.78, 5) is 13.0. The highest BCUT2D eigenvalue weighted by Gasteiger charge is 2.17. The van der Waals surface area contributed by atoms with Crippen LogP contribution in [0, 0.1) is 0 Å². The first-order chi connectivity index (χ1) is 10.7. The Morgan fingerprint density at radius 2 is 1.82 bits per heavy atom. The van der Waals surface area contributed by atoms with E-state index in [1.165, 1.54) is 16.9 Å². The lowest BCUT2D eigenvalue weighted by atomic mass is 10.0. The third-order valence-corrected chi connectivity index (χ3v) is 5.35. The van der Waals surface area contributed by atoms with Crippen LogP contribution in [0.3, 0.4) is 0 Å². The molecule has 0 spiro atoms. The van der Waals surface area contributed by atoms with Crippen LogP contribution in [0.4, 0.5) is 0 Å². The molecule has 0 saturated heterocycles. The molecule has 2 nitrogen and oxygen atoms in total. The molecule has 1 N–H and O–H groups in total. The number of halogens is 1. The minimum atomic E-state index is -0.103. The molecule has 1 heterocycles. The van der Waals surface area contributed by atoms with Crippen molar-refractivity contribution < 1.29 is 4.79 Å². The summed E-state index contributed by atoms with van der Waals surface area (Å²) < 4.78 is 1.04. The molecule has 0 aliphatic heterocycles. The fourth-order valence-corrected chi connectivity index (χ4v) is 3.82. The second-order valence-electron chi connectivity index (χ2n) is 5.26. The Bertz CT molecular complexity index is 797. The van der Waals surface area contributed by atoms with Gasteiger partial charge in [-0.15, -0.1) is 11.3 Å². The maximum Gasteiger partial charge on any atom is 0.262 e. The Hall–Kier alpha value is -1.84. The number of amides is 1. The molecule has 4 heteroatoms. The molecule has 0 saturated carbocycles. The van der Waals surface area contributed by atoms with Crippen LogP contribution in [0.2, 0.25) is 5.02 Å². The zero-order chi connectivity index (χ0) is 15.5. The third-order valence-electron chi connectivity index (χ3n) is 3.68. The number of hydrogen-bond donors (Lipinski definition) is 1. The van der Waals surface area contributed by atoms with Crippen molar-refractivity contribution in [2.75, 3.05) is 6.54 Å². The molecule has 0 bridgehead atoms. The van der Waals surface area contributed by atoms with Crippen molar-refractivity contribution >= 4 is 38.9 Å². The van der Waals surface area contributed by atoms with Crippen molar-refractivity contribution in [2.24, 2.45) is 0 Å². The van der Waals surface area contributed by atoms with Crippen LogP contribution in [0.15, 0.2) is 54.6 Å². The normalized spacial score (nSPS) is 12.3. The summed E-state index contributed by atoms with van der Waals surface area (Å²) in [7, 11) is 0. The third kappa shape index (κ3) is 3.01. The van der Waals surface area contributed by atoms with Crippen LogP contribution in [-0.2, 0) is 0 Å². The number of nitrogens with one attached hydrogen (secondary N) is 1. The van der Waals surface area contributed by atoms with Crippen molar-refractivity contribution in [3.05, 3.63) is 70.1 Å². The monoisotopic (exact) mass is 329 g/mol. The summed E-state index contributed by atoms with van der Waals surface area (Å²) in [6.45, 7) is 2.69. The lowest BCUT2D eigenvalue weighted by Crippen LogP contribution is -2.27. The van der Waals surface area contributed by atoms with Gasteiger partial charge < -0.3 is 5.32 Å². The summed E-state index contributed by atoms with van der Waals surface area (Å²) in [5.74, 6) is 0.160. The first kappa shape index (κ1) is 15.1. The van der Waals surface area contributed by atoms with Gasteiger partial charge in [0.2, 0.25) is 0 Å². The highest BCUT2D eigenvalue weighted by molar-refractivity contribution is 7.21. The lowest BCUT2D eigenvalue weighted by Gasteiger charge is -2.12. The molecule has 2 aromatic carbocycles. The van der Waals surface area contributed by atoms with Crippen LogP contribution in [-0.4, -0.2) is 12.5 Å². The molecule has 112 valence electrons. The van der Waals surface area contributed by atoms with Crippen molar-refractivity contribution in [2.45, 2.75) is 12.8 Å². The Labute approximate surface area is 138 Å². The van der Waals surface area contributed by atoms with Crippen LogP contribution >= 0.6 is 22.9 Å². The molecule has 22 heavy (non-hydrogen) atoms. The van der Waals surface area contributed by atoms with E-state index in [4.69, 9.17) is 11.6 Å². The summed E-state index contributed by atoms with van der Waals surface area (Å²) in [5, 5.41) is 4.47. The Morgan fingerprint density at radius 1 is 1.14 bits per heavy atom. The molecule has 1 unspecified atom stereocenters. The van der Waals surface area contributed by atoms with Gasteiger partial charge in [-0.25, -0.2) is 0 Å². The molecule has 0 radical (unpaired) electrons.